The zero-order valence-corrected chi connectivity index (χ0v) is 14.8. The van der Waals surface area contributed by atoms with Crippen molar-refractivity contribution in [3.8, 4) is 0 Å². The fraction of sp³-hybridized carbons (Fsp3) is 0.211. The Morgan fingerprint density at radius 3 is 2.26 bits per heavy atom. The highest BCUT2D eigenvalue weighted by molar-refractivity contribution is 5.97. The number of anilines is 1. The quantitative estimate of drug-likeness (QED) is 0.759. The number of ether oxygens (including phenoxy) is 1. The second-order valence-corrected chi connectivity index (χ2v) is 5.90. The van der Waals surface area contributed by atoms with Crippen molar-refractivity contribution in [2.75, 3.05) is 18.5 Å². The number of halogens is 2. The van der Waals surface area contributed by atoms with Gasteiger partial charge in [-0.1, -0.05) is 17.2 Å². The van der Waals surface area contributed by atoms with Crippen LogP contribution in [-0.4, -0.2) is 30.9 Å². The molecule has 0 saturated heterocycles. The molecule has 0 fully saturated rings. The summed E-state index contributed by atoms with van der Waals surface area (Å²) in [5.74, 6) is -4.13. The first-order valence-electron chi connectivity index (χ1n) is 8.01. The van der Waals surface area contributed by atoms with Gasteiger partial charge in [-0.3, -0.25) is 14.4 Å². The van der Waals surface area contributed by atoms with Crippen molar-refractivity contribution in [2.45, 2.75) is 13.8 Å². The first-order chi connectivity index (χ1) is 12.7. The normalized spacial score (nSPS) is 10.2. The zero-order valence-electron chi connectivity index (χ0n) is 14.8. The Bertz CT molecular complexity index is 864. The van der Waals surface area contributed by atoms with Gasteiger partial charge in [0.15, 0.2) is 18.2 Å². The number of carbonyl (C=O) groups excluding carboxylic acids is 3. The minimum absolute atomic E-state index is 0.0260. The van der Waals surface area contributed by atoms with E-state index in [2.05, 4.69) is 10.6 Å². The van der Waals surface area contributed by atoms with Gasteiger partial charge in [0.25, 0.3) is 11.8 Å². The van der Waals surface area contributed by atoms with Crippen molar-refractivity contribution < 1.29 is 27.9 Å². The molecule has 2 amide bonds. The molecule has 142 valence electrons. The predicted octanol–water partition coefficient (Wildman–Crippen LogP) is 2.49. The summed E-state index contributed by atoms with van der Waals surface area (Å²) < 4.78 is 30.6. The molecule has 0 aliphatic carbocycles. The molecule has 0 aliphatic rings. The van der Waals surface area contributed by atoms with Crippen molar-refractivity contribution in [1.29, 1.82) is 0 Å². The molecule has 0 spiro atoms. The number of nitrogens with one attached hydrogen (secondary N) is 2. The van der Waals surface area contributed by atoms with E-state index in [1.165, 1.54) is 6.07 Å². The Kier molecular flexibility index (Phi) is 6.59. The number of aryl methyl sites for hydroxylation is 2. The number of hydrogen-bond donors (Lipinski definition) is 2. The average Bonchev–Trinajstić information content (AvgIpc) is 2.60. The van der Waals surface area contributed by atoms with Crippen LogP contribution >= 0.6 is 0 Å². The van der Waals surface area contributed by atoms with Crippen LogP contribution in [0.2, 0.25) is 0 Å². The number of amides is 2. The van der Waals surface area contributed by atoms with Crippen molar-refractivity contribution in [3.63, 3.8) is 0 Å². The first-order valence-corrected chi connectivity index (χ1v) is 8.01. The molecule has 0 unspecified atom stereocenters. The summed E-state index contributed by atoms with van der Waals surface area (Å²) in [7, 11) is 0. The standard InChI is InChI=1S/C19H18F2N2O4/c1-11-5-12(2)7-13(6-11)19(26)22-9-18(25)27-10-17(24)23-14-3-4-15(20)16(21)8-14/h3-8H,9-10H2,1-2H3,(H,22,26)(H,23,24). The summed E-state index contributed by atoms with van der Waals surface area (Å²) >= 11 is 0. The molecule has 8 heteroatoms. The molecule has 2 rings (SSSR count). The number of esters is 1. The lowest BCUT2D eigenvalue weighted by Gasteiger charge is -2.08. The maximum Gasteiger partial charge on any atom is 0.325 e. The van der Waals surface area contributed by atoms with Crippen LogP contribution in [-0.2, 0) is 14.3 Å². The van der Waals surface area contributed by atoms with Gasteiger partial charge in [0.1, 0.15) is 6.54 Å². The smallest absolute Gasteiger partial charge is 0.325 e. The van der Waals surface area contributed by atoms with E-state index in [-0.39, 0.29) is 5.69 Å². The minimum atomic E-state index is -1.11. The lowest BCUT2D eigenvalue weighted by molar-refractivity contribution is -0.146. The molecular weight excluding hydrogens is 358 g/mol. The molecule has 0 aliphatic heterocycles. The topological polar surface area (TPSA) is 84.5 Å². The van der Waals surface area contributed by atoms with E-state index in [0.29, 0.717) is 5.56 Å². The maximum absolute atomic E-state index is 13.1. The Morgan fingerprint density at radius 2 is 1.63 bits per heavy atom. The molecule has 6 nitrogen and oxygen atoms in total. The number of hydrogen-bond acceptors (Lipinski definition) is 4. The molecule has 27 heavy (non-hydrogen) atoms. The second-order valence-electron chi connectivity index (χ2n) is 5.90. The van der Waals surface area contributed by atoms with Gasteiger partial charge in [-0.05, 0) is 38.1 Å². The Balaban J connectivity index is 1.77. The molecule has 0 radical (unpaired) electrons. The lowest BCUT2D eigenvalue weighted by atomic mass is 10.1. The average molecular weight is 376 g/mol. The van der Waals surface area contributed by atoms with E-state index in [9.17, 15) is 23.2 Å². The highest BCUT2D eigenvalue weighted by atomic mass is 19.2. The van der Waals surface area contributed by atoms with Gasteiger partial charge in [0, 0.05) is 17.3 Å². The largest absolute Gasteiger partial charge is 0.454 e. The van der Waals surface area contributed by atoms with Gasteiger partial charge < -0.3 is 15.4 Å². The van der Waals surface area contributed by atoms with Crippen molar-refractivity contribution >= 4 is 23.5 Å². The molecule has 0 heterocycles. The zero-order chi connectivity index (χ0) is 20.0. The third kappa shape index (κ3) is 6.18. The monoisotopic (exact) mass is 376 g/mol. The van der Waals surface area contributed by atoms with Crippen LogP contribution < -0.4 is 10.6 Å². The van der Waals surface area contributed by atoms with Crippen molar-refractivity contribution in [2.24, 2.45) is 0 Å². The van der Waals surface area contributed by atoms with Crippen LogP contribution in [0.3, 0.4) is 0 Å². The van der Waals surface area contributed by atoms with Crippen LogP contribution in [0.25, 0.3) is 0 Å². The molecular formula is C19H18F2N2O4. The predicted molar refractivity (Wildman–Crippen MR) is 94.2 cm³/mol. The Morgan fingerprint density at radius 1 is 0.963 bits per heavy atom. The van der Waals surface area contributed by atoms with Crippen molar-refractivity contribution in [3.05, 3.63) is 64.7 Å². The van der Waals surface area contributed by atoms with Gasteiger partial charge in [0.05, 0.1) is 0 Å². The third-order valence-corrected chi connectivity index (χ3v) is 3.44. The van der Waals surface area contributed by atoms with Gasteiger partial charge in [-0.15, -0.1) is 0 Å². The van der Waals surface area contributed by atoms with Crippen molar-refractivity contribution in [1.82, 2.24) is 5.32 Å². The molecule has 0 saturated carbocycles. The molecule has 0 bridgehead atoms. The number of carbonyl (C=O) groups is 3. The van der Waals surface area contributed by atoms with Gasteiger partial charge in [-0.2, -0.15) is 0 Å². The van der Waals surface area contributed by atoms with E-state index in [4.69, 9.17) is 4.74 Å². The van der Waals surface area contributed by atoms with E-state index < -0.39 is 42.6 Å². The fourth-order valence-corrected chi connectivity index (χ4v) is 2.33. The highest BCUT2D eigenvalue weighted by Gasteiger charge is 2.12. The summed E-state index contributed by atoms with van der Waals surface area (Å²) in [6.07, 6.45) is 0. The summed E-state index contributed by atoms with van der Waals surface area (Å²) in [5.41, 5.74) is 2.27. The molecule has 0 atom stereocenters. The first kappa shape index (κ1) is 20.0. The molecule has 2 aromatic rings. The van der Waals surface area contributed by atoms with Crippen LogP contribution in [0.5, 0.6) is 0 Å². The Hall–Kier alpha value is -3.29. The SMILES string of the molecule is Cc1cc(C)cc(C(=O)NCC(=O)OCC(=O)Nc2ccc(F)c(F)c2)c1. The van der Waals surface area contributed by atoms with E-state index in [0.717, 1.165) is 23.3 Å². The Labute approximate surface area is 154 Å². The summed E-state index contributed by atoms with van der Waals surface area (Å²) in [6.45, 7) is 2.66. The molecule has 0 aromatic heterocycles. The molecule has 2 N–H and O–H groups in total. The minimum Gasteiger partial charge on any atom is -0.454 e. The third-order valence-electron chi connectivity index (χ3n) is 3.44. The van der Waals surface area contributed by atoms with E-state index >= 15 is 0 Å². The summed E-state index contributed by atoms with van der Waals surface area (Å²) in [5, 5.41) is 4.66. The van der Waals surface area contributed by atoms with Crippen LogP contribution in [0.15, 0.2) is 36.4 Å². The van der Waals surface area contributed by atoms with Crippen LogP contribution in [0, 0.1) is 25.5 Å². The highest BCUT2D eigenvalue weighted by Crippen LogP contribution is 2.13. The van der Waals surface area contributed by atoms with Crippen LogP contribution in [0.4, 0.5) is 14.5 Å². The van der Waals surface area contributed by atoms with E-state index in [1.807, 2.05) is 19.9 Å². The van der Waals surface area contributed by atoms with E-state index in [1.54, 1.807) is 12.1 Å². The van der Waals surface area contributed by atoms with Crippen LogP contribution in [0.1, 0.15) is 21.5 Å². The van der Waals surface area contributed by atoms with Gasteiger partial charge >= 0.3 is 5.97 Å². The number of rotatable bonds is 6. The molecule has 2 aromatic carbocycles. The fourth-order valence-electron chi connectivity index (χ4n) is 2.33. The summed E-state index contributed by atoms with van der Waals surface area (Å²) in [4.78, 5) is 35.3. The second kappa shape index (κ2) is 8.88. The lowest BCUT2D eigenvalue weighted by Crippen LogP contribution is -2.32. The van der Waals surface area contributed by atoms with Gasteiger partial charge in [-0.25, -0.2) is 8.78 Å². The number of benzene rings is 2. The maximum atomic E-state index is 13.1. The summed E-state index contributed by atoms with van der Waals surface area (Å²) in [6, 6.07) is 8.11. The van der Waals surface area contributed by atoms with Gasteiger partial charge in [0.2, 0.25) is 0 Å².